The summed E-state index contributed by atoms with van der Waals surface area (Å²) in [6.07, 6.45) is -2.30. The van der Waals surface area contributed by atoms with Crippen molar-refractivity contribution in [1.29, 1.82) is 0 Å². The zero-order valence-electron chi connectivity index (χ0n) is 18.7. The fraction of sp³-hybridized carbons (Fsp3) is 0.538. The summed E-state index contributed by atoms with van der Waals surface area (Å²) in [4.78, 5) is 40.7. The van der Waals surface area contributed by atoms with Crippen LogP contribution in [0.4, 0.5) is 0 Å². The van der Waals surface area contributed by atoms with E-state index in [1.54, 1.807) is 0 Å². The number of carbonyl (C=O) groups excluding carboxylic acids is 1. The molecule has 108 valence electrons. The number of aromatic nitrogens is 4. The van der Waals surface area contributed by atoms with Crippen LogP contribution in [0.1, 0.15) is 37.0 Å². The van der Waals surface area contributed by atoms with Gasteiger partial charge in [-0.3, -0.25) is 13.9 Å². The second-order valence-corrected chi connectivity index (χ2v) is 4.21. The Labute approximate surface area is 126 Å². The van der Waals surface area contributed by atoms with Crippen LogP contribution < -0.4 is 11.2 Å². The molecule has 0 spiro atoms. The molecule has 0 unspecified atom stereocenters. The van der Waals surface area contributed by atoms with Gasteiger partial charge in [0.05, 0.1) is 6.33 Å². The smallest absolute Gasteiger partial charge is 0.328 e. The molecule has 0 aliphatic rings. The molecule has 2 heterocycles. The van der Waals surface area contributed by atoms with E-state index < -0.39 is 50.2 Å². The van der Waals surface area contributed by atoms with Crippen molar-refractivity contribution >= 4 is 16.9 Å². The largest absolute Gasteiger partial charge is 0.332 e. The highest BCUT2D eigenvalue weighted by Crippen LogP contribution is 2.04. The average molecular weight is 286 g/mol. The topological polar surface area (TPSA) is 78.9 Å². The lowest BCUT2D eigenvalue weighted by Gasteiger charge is -2.08. The fourth-order valence-corrected chi connectivity index (χ4v) is 1.89. The molecule has 2 rings (SSSR count). The van der Waals surface area contributed by atoms with Gasteiger partial charge in [0, 0.05) is 37.9 Å². The van der Waals surface area contributed by atoms with Crippen LogP contribution in [0.3, 0.4) is 0 Å². The van der Waals surface area contributed by atoms with Crippen LogP contribution >= 0.6 is 0 Å². The Morgan fingerprint density at radius 1 is 1.45 bits per heavy atom. The lowest BCUT2D eigenvalue weighted by Crippen LogP contribution is -2.39. The number of rotatable bonds is 5. The second-order valence-electron chi connectivity index (χ2n) is 4.21. The Balaban J connectivity index is 2.44. The third kappa shape index (κ3) is 2.43. The zero-order chi connectivity index (χ0) is 21.7. The van der Waals surface area contributed by atoms with Crippen molar-refractivity contribution in [2.45, 2.75) is 32.6 Å². The van der Waals surface area contributed by atoms with Gasteiger partial charge in [0.2, 0.25) is 0 Å². The summed E-state index contributed by atoms with van der Waals surface area (Å²) >= 11 is 0. The van der Waals surface area contributed by atoms with E-state index in [0.29, 0.717) is 9.13 Å². The van der Waals surface area contributed by atoms with Crippen LogP contribution in [-0.2, 0) is 25.4 Å². The molecule has 0 amide bonds. The van der Waals surface area contributed by atoms with Crippen LogP contribution in [0.25, 0.3) is 11.2 Å². The standard InChI is InChI=1S/C13H18N4O3/c1-9(18)6-4-5-7-17-12(19)10-11(14-8-15(10)2)16(3)13(17)20/h8H,4-7H2,1-3H3/i1D3,3D3,6D2. The highest BCUT2D eigenvalue weighted by Gasteiger charge is 2.14. The molecule has 20 heavy (non-hydrogen) atoms. The minimum Gasteiger partial charge on any atom is -0.328 e. The average Bonchev–Trinajstić information content (AvgIpc) is 2.89. The first-order chi connectivity index (χ1) is 12.6. The molecule has 7 nitrogen and oxygen atoms in total. The molecule has 0 radical (unpaired) electrons. The Kier molecular flexibility index (Phi) is 1.91. The van der Waals surface area contributed by atoms with E-state index in [1.165, 1.54) is 17.9 Å². The van der Waals surface area contributed by atoms with Gasteiger partial charge in [-0.05, 0) is 19.7 Å². The number of aryl methyl sites for hydroxylation is 2. The van der Waals surface area contributed by atoms with Gasteiger partial charge in [0.1, 0.15) is 5.78 Å². The van der Waals surface area contributed by atoms with E-state index in [0.717, 1.165) is 0 Å². The maximum atomic E-state index is 12.6. The number of hydrogen-bond donors (Lipinski definition) is 0. The zero-order valence-corrected chi connectivity index (χ0v) is 10.7. The van der Waals surface area contributed by atoms with Crippen molar-refractivity contribution in [3.63, 3.8) is 0 Å². The maximum absolute atomic E-state index is 12.6. The minimum atomic E-state index is -3.12. The molecule has 0 aliphatic heterocycles. The Bertz CT molecular complexity index is 1030. The molecule has 0 aliphatic carbocycles. The van der Waals surface area contributed by atoms with E-state index in [-0.39, 0.29) is 17.6 Å². The predicted octanol–water partition coefficient (Wildman–Crippen LogP) is 0.193. The van der Waals surface area contributed by atoms with Crippen molar-refractivity contribution in [1.82, 2.24) is 18.7 Å². The van der Waals surface area contributed by atoms with E-state index in [9.17, 15) is 14.4 Å². The highest BCUT2D eigenvalue weighted by atomic mass is 16.2. The van der Waals surface area contributed by atoms with Crippen LogP contribution in [0.5, 0.6) is 0 Å². The molecule has 2 aromatic heterocycles. The van der Waals surface area contributed by atoms with Gasteiger partial charge in [-0.1, -0.05) is 0 Å². The van der Waals surface area contributed by atoms with Crippen molar-refractivity contribution in [3.05, 3.63) is 27.2 Å². The molecule has 0 saturated heterocycles. The van der Waals surface area contributed by atoms with Gasteiger partial charge in [-0.2, -0.15) is 0 Å². The summed E-state index contributed by atoms with van der Waals surface area (Å²) in [5.41, 5.74) is -2.40. The van der Waals surface area contributed by atoms with E-state index in [2.05, 4.69) is 4.98 Å². The third-order valence-electron chi connectivity index (χ3n) is 2.84. The summed E-state index contributed by atoms with van der Waals surface area (Å²) in [7, 11) is 1.45. The van der Waals surface area contributed by atoms with Gasteiger partial charge >= 0.3 is 5.69 Å². The Hall–Kier alpha value is -2.18. The lowest BCUT2D eigenvalue weighted by atomic mass is 10.2. The number of hydrogen-bond acceptors (Lipinski definition) is 4. The van der Waals surface area contributed by atoms with Crippen molar-refractivity contribution < 1.29 is 15.8 Å². The molecule has 0 fully saturated rings. The number of imidazole rings is 1. The first kappa shape index (κ1) is 7.01. The van der Waals surface area contributed by atoms with E-state index >= 15 is 0 Å². The molecule has 0 saturated carbocycles. The third-order valence-corrected chi connectivity index (χ3v) is 2.84. The van der Waals surface area contributed by atoms with E-state index in [4.69, 9.17) is 11.0 Å². The first-order valence-corrected chi connectivity index (χ1v) is 5.81. The molecule has 0 bridgehead atoms. The number of ketones is 1. The summed E-state index contributed by atoms with van der Waals surface area (Å²) in [5.74, 6) is -1.57. The first-order valence-electron chi connectivity index (χ1n) is 9.81. The summed E-state index contributed by atoms with van der Waals surface area (Å²) < 4.78 is 61.2. The van der Waals surface area contributed by atoms with Crippen molar-refractivity contribution in [3.8, 4) is 0 Å². The molecule has 0 aromatic carbocycles. The summed E-state index contributed by atoms with van der Waals surface area (Å²) in [6, 6.07) is 0. The SMILES string of the molecule is [2H]C([2H])([2H])C(=O)C([2H])([2H])CCCn1c(=O)c2c(ncn2C)n(C([2H])([2H])[2H])c1=O. The normalized spacial score (nSPS) is 19.1. The van der Waals surface area contributed by atoms with Gasteiger partial charge in [-0.15, -0.1) is 0 Å². The minimum absolute atomic E-state index is 0.127. The van der Waals surface area contributed by atoms with Crippen LogP contribution in [0.2, 0.25) is 0 Å². The number of fused-ring (bicyclic) bond motifs is 1. The monoisotopic (exact) mass is 286 g/mol. The van der Waals surface area contributed by atoms with Crippen molar-refractivity contribution in [2.24, 2.45) is 14.0 Å². The fourth-order valence-electron chi connectivity index (χ4n) is 1.89. The number of Topliss-reactive ketones (excluding diaryl/α,β-unsaturated/α-hetero) is 1. The van der Waals surface area contributed by atoms with Crippen LogP contribution in [0, 0.1) is 0 Å². The highest BCUT2D eigenvalue weighted by molar-refractivity contribution is 5.75. The van der Waals surface area contributed by atoms with Gasteiger partial charge in [0.25, 0.3) is 5.56 Å². The van der Waals surface area contributed by atoms with Crippen molar-refractivity contribution in [2.75, 3.05) is 0 Å². The van der Waals surface area contributed by atoms with Crippen LogP contribution in [0.15, 0.2) is 15.9 Å². The molecule has 2 aromatic rings. The lowest BCUT2D eigenvalue weighted by molar-refractivity contribution is -0.117. The summed E-state index contributed by atoms with van der Waals surface area (Å²) in [5, 5.41) is 0. The number of carbonyl (C=O) groups is 1. The molecule has 0 N–H and O–H groups in total. The quantitative estimate of drug-likeness (QED) is 0.786. The van der Waals surface area contributed by atoms with Gasteiger partial charge < -0.3 is 9.36 Å². The number of nitrogens with zero attached hydrogens (tertiary/aromatic N) is 4. The summed E-state index contributed by atoms with van der Waals surface area (Å²) in [6.45, 7) is -6.43. The van der Waals surface area contributed by atoms with Gasteiger partial charge in [0.15, 0.2) is 11.2 Å². The molecular formula is C13H18N4O3. The molecule has 7 heteroatoms. The molecular weight excluding hydrogens is 260 g/mol. The van der Waals surface area contributed by atoms with Gasteiger partial charge in [-0.25, -0.2) is 9.78 Å². The second kappa shape index (κ2) is 5.44. The molecule has 0 atom stereocenters. The Morgan fingerprint density at radius 3 is 2.95 bits per heavy atom. The Morgan fingerprint density at radius 2 is 2.25 bits per heavy atom. The maximum Gasteiger partial charge on any atom is 0.332 e. The van der Waals surface area contributed by atoms with Crippen LogP contribution in [-0.4, -0.2) is 24.5 Å². The predicted molar refractivity (Wildman–Crippen MR) is 74.7 cm³/mol. The van der Waals surface area contributed by atoms with E-state index in [1.807, 2.05) is 0 Å².